The van der Waals surface area contributed by atoms with Crippen LogP contribution < -0.4 is 10.2 Å². The maximum Gasteiger partial charge on any atom is 0.128 e. The van der Waals surface area contributed by atoms with Gasteiger partial charge in [-0.1, -0.05) is 40.2 Å². The molecule has 21 heavy (non-hydrogen) atoms. The van der Waals surface area contributed by atoms with Crippen molar-refractivity contribution in [3.63, 3.8) is 0 Å². The second-order valence-electron chi connectivity index (χ2n) is 4.34. The predicted molar refractivity (Wildman–Crippen MR) is 87.6 cm³/mol. The van der Waals surface area contributed by atoms with Gasteiger partial charge in [0, 0.05) is 10.0 Å². The van der Waals surface area contributed by atoms with Gasteiger partial charge in [0.2, 0.25) is 0 Å². The highest BCUT2D eigenvalue weighted by Gasteiger charge is 2.01. The number of nitrogens with one attached hydrogen (secondary N) is 1. The Labute approximate surface area is 132 Å². The zero-order valence-electron chi connectivity index (χ0n) is 11.5. The highest BCUT2D eigenvalue weighted by atomic mass is 79.9. The molecule has 0 bridgehead atoms. The molecule has 0 aliphatic heterocycles. The molecular weight excluding hydrogens is 332 g/mol. The number of benzene rings is 2. The van der Waals surface area contributed by atoms with Crippen molar-refractivity contribution in [2.75, 3.05) is 13.2 Å². The van der Waals surface area contributed by atoms with Crippen LogP contribution in [0.25, 0.3) is 0 Å². The summed E-state index contributed by atoms with van der Waals surface area (Å²) in [5.74, 6) is 0.773. The van der Waals surface area contributed by atoms with Crippen molar-refractivity contribution in [1.29, 1.82) is 0 Å². The number of hydrogen-bond acceptors (Lipinski definition) is 4. The second-order valence-corrected chi connectivity index (χ2v) is 5.26. The van der Waals surface area contributed by atoms with Crippen LogP contribution in [0.1, 0.15) is 11.1 Å². The highest BCUT2D eigenvalue weighted by molar-refractivity contribution is 9.10. The molecule has 5 heteroatoms. The molecule has 0 saturated heterocycles. The van der Waals surface area contributed by atoms with Gasteiger partial charge in [-0.15, -0.1) is 0 Å². The molecule has 0 fully saturated rings. The molecule has 0 aliphatic carbocycles. The van der Waals surface area contributed by atoms with Crippen LogP contribution in [-0.4, -0.2) is 24.5 Å². The Morgan fingerprint density at radius 3 is 2.67 bits per heavy atom. The van der Waals surface area contributed by atoms with Crippen molar-refractivity contribution >= 4 is 22.1 Å². The molecule has 0 spiro atoms. The SMILES string of the molecule is OCCNN=Cc1ccccc1OCc1ccc(Br)cc1. The first kappa shape index (κ1) is 15.5. The molecule has 0 saturated carbocycles. The number of hydrazone groups is 1. The number of hydrogen-bond donors (Lipinski definition) is 2. The van der Waals surface area contributed by atoms with Crippen LogP contribution in [0.4, 0.5) is 0 Å². The summed E-state index contributed by atoms with van der Waals surface area (Å²) in [4.78, 5) is 0. The summed E-state index contributed by atoms with van der Waals surface area (Å²) in [5.41, 5.74) is 4.74. The minimum absolute atomic E-state index is 0.0546. The Kier molecular flexibility index (Phi) is 6.24. The smallest absolute Gasteiger partial charge is 0.128 e. The van der Waals surface area contributed by atoms with E-state index >= 15 is 0 Å². The summed E-state index contributed by atoms with van der Waals surface area (Å²) in [7, 11) is 0. The summed E-state index contributed by atoms with van der Waals surface area (Å²) in [5, 5.41) is 12.7. The Bertz CT molecular complexity index is 585. The Morgan fingerprint density at radius 2 is 1.90 bits per heavy atom. The number of halogens is 1. The van der Waals surface area contributed by atoms with Gasteiger partial charge in [-0.3, -0.25) is 0 Å². The summed E-state index contributed by atoms with van der Waals surface area (Å²) >= 11 is 3.41. The number of rotatable bonds is 7. The molecule has 0 heterocycles. The predicted octanol–water partition coefficient (Wildman–Crippen LogP) is 2.94. The van der Waals surface area contributed by atoms with E-state index in [2.05, 4.69) is 26.5 Å². The Morgan fingerprint density at radius 1 is 1.14 bits per heavy atom. The quantitative estimate of drug-likeness (QED) is 0.459. The third kappa shape index (κ3) is 5.21. The molecule has 0 radical (unpaired) electrons. The molecule has 2 aromatic rings. The maximum atomic E-state index is 8.68. The largest absolute Gasteiger partial charge is 0.488 e. The van der Waals surface area contributed by atoms with Crippen LogP contribution in [0.5, 0.6) is 5.75 Å². The lowest BCUT2D eigenvalue weighted by molar-refractivity contribution is 0.293. The van der Waals surface area contributed by atoms with E-state index in [1.807, 2.05) is 48.5 Å². The third-order valence-corrected chi connectivity index (χ3v) is 3.27. The minimum atomic E-state index is 0.0546. The normalized spacial score (nSPS) is 10.8. The first-order chi connectivity index (χ1) is 10.3. The molecule has 110 valence electrons. The standard InChI is InChI=1S/C16H17BrN2O2/c17-15-7-5-13(6-8-15)12-21-16-4-2-1-3-14(16)11-19-18-9-10-20/h1-8,11,18,20H,9-10,12H2. The van der Waals surface area contributed by atoms with Gasteiger partial charge < -0.3 is 15.3 Å². The summed E-state index contributed by atoms with van der Waals surface area (Å²) in [6.45, 7) is 0.986. The van der Waals surface area contributed by atoms with Gasteiger partial charge in [-0.2, -0.15) is 5.10 Å². The van der Waals surface area contributed by atoms with Gasteiger partial charge in [0.25, 0.3) is 0 Å². The fraction of sp³-hybridized carbons (Fsp3) is 0.188. The molecule has 0 unspecified atom stereocenters. The number of para-hydroxylation sites is 1. The zero-order valence-corrected chi connectivity index (χ0v) is 13.1. The fourth-order valence-corrected chi connectivity index (χ4v) is 1.95. The molecule has 4 nitrogen and oxygen atoms in total. The van der Waals surface area contributed by atoms with Crippen LogP contribution in [-0.2, 0) is 6.61 Å². The average Bonchev–Trinajstić information content (AvgIpc) is 2.52. The van der Waals surface area contributed by atoms with E-state index < -0.39 is 0 Å². The van der Waals surface area contributed by atoms with E-state index in [0.717, 1.165) is 21.3 Å². The van der Waals surface area contributed by atoms with Gasteiger partial charge in [-0.25, -0.2) is 0 Å². The number of aliphatic hydroxyl groups excluding tert-OH is 1. The molecule has 2 rings (SSSR count). The molecule has 2 N–H and O–H groups in total. The molecule has 2 aromatic carbocycles. The summed E-state index contributed by atoms with van der Waals surface area (Å²) < 4.78 is 6.89. The number of nitrogens with zero attached hydrogens (tertiary/aromatic N) is 1. The lowest BCUT2D eigenvalue weighted by atomic mass is 10.2. The maximum absolute atomic E-state index is 8.68. The van der Waals surface area contributed by atoms with Gasteiger partial charge in [0.15, 0.2) is 0 Å². The van der Waals surface area contributed by atoms with Crippen molar-refractivity contribution in [2.45, 2.75) is 6.61 Å². The van der Waals surface area contributed by atoms with Gasteiger partial charge >= 0.3 is 0 Å². The van der Waals surface area contributed by atoms with E-state index in [1.165, 1.54) is 0 Å². The Hall–Kier alpha value is -1.85. The second kappa shape index (κ2) is 8.44. The molecule has 0 aromatic heterocycles. The lowest BCUT2D eigenvalue weighted by Crippen LogP contribution is -2.11. The van der Waals surface area contributed by atoms with Crippen LogP contribution in [0.3, 0.4) is 0 Å². The monoisotopic (exact) mass is 348 g/mol. The van der Waals surface area contributed by atoms with E-state index in [1.54, 1.807) is 6.21 Å². The summed E-state index contributed by atoms with van der Waals surface area (Å²) in [6, 6.07) is 15.7. The molecule has 0 atom stereocenters. The first-order valence-electron chi connectivity index (χ1n) is 6.62. The van der Waals surface area contributed by atoms with Crippen molar-refractivity contribution < 1.29 is 9.84 Å². The van der Waals surface area contributed by atoms with Gasteiger partial charge in [-0.05, 0) is 29.8 Å². The first-order valence-corrected chi connectivity index (χ1v) is 7.42. The van der Waals surface area contributed by atoms with E-state index in [9.17, 15) is 0 Å². The zero-order chi connectivity index (χ0) is 14.9. The Balaban J connectivity index is 1.99. The van der Waals surface area contributed by atoms with E-state index in [0.29, 0.717) is 13.2 Å². The van der Waals surface area contributed by atoms with Crippen molar-refractivity contribution in [3.05, 3.63) is 64.1 Å². The lowest BCUT2D eigenvalue weighted by Gasteiger charge is -2.09. The van der Waals surface area contributed by atoms with Gasteiger partial charge in [0.1, 0.15) is 12.4 Å². The molecule has 0 amide bonds. The van der Waals surface area contributed by atoms with Gasteiger partial charge in [0.05, 0.1) is 19.4 Å². The van der Waals surface area contributed by atoms with Crippen LogP contribution in [0, 0.1) is 0 Å². The van der Waals surface area contributed by atoms with Crippen molar-refractivity contribution in [2.24, 2.45) is 5.10 Å². The highest BCUT2D eigenvalue weighted by Crippen LogP contribution is 2.18. The molecule has 0 aliphatic rings. The minimum Gasteiger partial charge on any atom is -0.488 e. The number of aliphatic hydroxyl groups is 1. The number of ether oxygens (including phenoxy) is 1. The third-order valence-electron chi connectivity index (χ3n) is 2.75. The van der Waals surface area contributed by atoms with Crippen LogP contribution in [0.2, 0.25) is 0 Å². The molecular formula is C16H17BrN2O2. The summed E-state index contributed by atoms with van der Waals surface area (Å²) in [6.07, 6.45) is 1.69. The van der Waals surface area contributed by atoms with Crippen molar-refractivity contribution in [3.8, 4) is 5.75 Å². The fourth-order valence-electron chi connectivity index (χ4n) is 1.69. The van der Waals surface area contributed by atoms with Crippen molar-refractivity contribution in [1.82, 2.24) is 5.43 Å². The average molecular weight is 349 g/mol. The van der Waals surface area contributed by atoms with E-state index in [4.69, 9.17) is 9.84 Å². The van der Waals surface area contributed by atoms with Crippen LogP contribution >= 0.6 is 15.9 Å². The van der Waals surface area contributed by atoms with Crippen LogP contribution in [0.15, 0.2) is 58.1 Å². The van der Waals surface area contributed by atoms with E-state index in [-0.39, 0.29) is 6.61 Å². The topological polar surface area (TPSA) is 53.8 Å².